The van der Waals surface area contributed by atoms with Crippen molar-refractivity contribution in [1.82, 2.24) is 15.2 Å². The lowest BCUT2D eigenvalue weighted by molar-refractivity contribution is 0.0162. The average Bonchev–Trinajstić information content (AvgIpc) is 2.64. The predicted molar refractivity (Wildman–Crippen MR) is 98.2 cm³/mol. The third-order valence-corrected chi connectivity index (χ3v) is 4.74. The lowest BCUT2D eigenvalue weighted by Gasteiger charge is -2.35. The quantitative estimate of drug-likeness (QED) is 0.866. The van der Waals surface area contributed by atoms with Gasteiger partial charge in [0.15, 0.2) is 0 Å². The summed E-state index contributed by atoms with van der Waals surface area (Å²) in [6.07, 6.45) is 1.52. The number of pyridine rings is 1. The Hall–Kier alpha value is -1.66. The Balaban J connectivity index is 1.75. The van der Waals surface area contributed by atoms with E-state index in [1.54, 1.807) is 12.1 Å². The van der Waals surface area contributed by atoms with E-state index in [9.17, 15) is 4.79 Å². The van der Waals surface area contributed by atoms with Crippen LogP contribution in [-0.2, 0) is 4.74 Å². The average molecular weight is 380 g/mol. The van der Waals surface area contributed by atoms with Gasteiger partial charge in [0.05, 0.1) is 19.3 Å². The zero-order valence-corrected chi connectivity index (χ0v) is 15.1. The van der Waals surface area contributed by atoms with E-state index < -0.39 is 0 Å². The second-order valence-electron chi connectivity index (χ2n) is 5.75. The van der Waals surface area contributed by atoms with Crippen LogP contribution in [-0.4, -0.2) is 48.6 Å². The maximum atomic E-state index is 12.4. The standard InChI is InChI=1S/C18H19Cl2N3O2/c19-13-5-6-21-16(11-13)18(24)22-12-17(23-7-9-25-10-8-23)14-3-1-2-4-15(14)20/h1-6,11,17H,7-10,12H2,(H,22,24). The number of ether oxygens (including phenoxy) is 1. The third-order valence-electron chi connectivity index (χ3n) is 4.16. The fourth-order valence-electron chi connectivity index (χ4n) is 2.88. The first kappa shape index (κ1) is 18.1. The predicted octanol–water partition coefficient (Wildman–Crippen LogP) is 3.19. The van der Waals surface area contributed by atoms with Crippen LogP contribution in [0.2, 0.25) is 10.0 Å². The summed E-state index contributed by atoms with van der Waals surface area (Å²) in [5, 5.41) is 4.12. The van der Waals surface area contributed by atoms with Crippen molar-refractivity contribution < 1.29 is 9.53 Å². The number of rotatable bonds is 5. The molecule has 132 valence electrons. The molecular weight excluding hydrogens is 361 g/mol. The summed E-state index contributed by atoms with van der Waals surface area (Å²) >= 11 is 12.3. The van der Waals surface area contributed by atoms with Crippen molar-refractivity contribution in [2.75, 3.05) is 32.8 Å². The Morgan fingerprint density at radius 3 is 2.72 bits per heavy atom. The first-order valence-electron chi connectivity index (χ1n) is 8.11. The molecule has 2 aromatic rings. The molecule has 1 saturated heterocycles. The highest BCUT2D eigenvalue weighted by atomic mass is 35.5. The summed E-state index contributed by atoms with van der Waals surface area (Å²) in [6, 6.07) is 10.9. The van der Waals surface area contributed by atoms with Crippen LogP contribution in [0.5, 0.6) is 0 Å². The number of aromatic nitrogens is 1. The van der Waals surface area contributed by atoms with Crippen LogP contribution in [0.25, 0.3) is 0 Å². The molecule has 1 amide bonds. The molecule has 1 N–H and O–H groups in total. The van der Waals surface area contributed by atoms with Gasteiger partial charge in [0.2, 0.25) is 0 Å². The van der Waals surface area contributed by atoms with Crippen molar-refractivity contribution in [3.05, 3.63) is 63.9 Å². The Labute approximate surface area is 156 Å². The number of amides is 1. The largest absolute Gasteiger partial charge is 0.379 e. The maximum absolute atomic E-state index is 12.4. The molecule has 3 rings (SSSR count). The zero-order chi connectivity index (χ0) is 17.6. The molecule has 1 aliphatic rings. The number of carbonyl (C=O) groups is 1. The molecule has 1 unspecified atom stereocenters. The third kappa shape index (κ3) is 4.70. The summed E-state index contributed by atoms with van der Waals surface area (Å²) < 4.78 is 5.44. The summed E-state index contributed by atoms with van der Waals surface area (Å²) in [7, 11) is 0. The van der Waals surface area contributed by atoms with Gasteiger partial charge in [-0.1, -0.05) is 41.4 Å². The highest BCUT2D eigenvalue weighted by molar-refractivity contribution is 6.31. The summed E-state index contributed by atoms with van der Waals surface area (Å²) in [4.78, 5) is 18.7. The summed E-state index contributed by atoms with van der Waals surface area (Å²) in [5.41, 5.74) is 1.29. The van der Waals surface area contributed by atoms with E-state index in [0.717, 1.165) is 18.7 Å². The smallest absolute Gasteiger partial charge is 0.269 e. The van der Waals surface area contributed by atoms with Gasteiger partial charge in [-0.25, -0.2) is 0 Å². The zero-order valence-electron chi connectivity index (χ0n) is 13.6. The Morgan fingerprint density at radius 1 is 1.24 bits per heavy atom. The highest BCUT2D eigenvalue weighted by Crippen LogP contribution is 2.27. The number of hydrogen-bond acceptors (Lipinski definition) is 4. The van der Waals surface area contributed by atoms with E-state index in [1.165, 1.54) is 6.20 Å². The van der Waals surface area contributed by atoms with Gasteiger partial charge in [0.1, 0.15) is 5.69 Å². The van der Waals surface area contributed by atoms with Crippen molar-refractivity contribution in [2.24, 2.45) is 0 Å². The molecule has 25 heavy (non-hydrogen) atoms. The van der Waals surface area contributed by atoms with Gasteiger partial charge >= 0.3 is 0 Å². The number of hydrogen-bond donors (Lipinski definition) is 1. The number of halogens is 2. The van der Waals surface area contributed by atoms with E-state index in [2.05, 4.69) is 15.2 Å². The number of benzene rings is 1. The number of morpholine rings is 1. The van der Waals surface area contributed by atoms with Gasteiger partial charge in [-0.05, 0) is 23.8 Å². The van der Waals surface area contributed by atoms with Crippen molar-refractivity contribution in [3.63, 3.8) is 0 Å². The van der Waals surface area contributed by atoms with Crippen molar-refractivity contribution in [3.8, 4) is 0 Å². The molecule has 0 bridgehead atoms. The van der Waals surface area contributed by atoms with Crippen LogP contribution in [0.1, 0.15) is 22.1 Å². The maximum Gasteiger partial charge on any atom is 0.269 e. The molecule has 5 nitrogen and oxygen atoms in total. The van der Waals surface area contributed by atoms with Gasteiger partial charge in [-0.2, -0.15) is 0 Å². The first-order chi connectivity index (χ1) is 12.1. The van der Waals surface area contributed by atoms with Crippen LogP contribution >= 0.6 is 23.2 Å². The van der Waals surface area contributed by atoms with Crippen molar-refractivity contribution in [2.45, 2.75) is 6.04 Å². The molecule has 2 heterocycles. The number of carbonyl (C=O) groups excluding carboxylic acids is 1. The van der Waals surface area contributed by atoms with E-state index >= 15 is 0 Å². The molecule has 1 fully saturated rings. The molecule has 1 aliphatic heterocycles. The molecule has 1 atom stereocenters. The molecule has 7 heteroatoms. The lowest BCUT2D eigenvalue weighted by Crippen LogP contribution is -2.44. The Morgan fingerprint density at radius 2 is 2.00 bits per heavy atom. The van der Waals surface area contributed by atoms with Gasteiger partial charge in [0.25, 0.3) is 5.91 Å². The number of nitrogens with one attached hydrogen (secondary N) is 1. The van der Waals surface area contributed by atoms with Gasteiger partial charge in [0, 0.05) is 35.9 Å². The first-order valence-corrected chi connectivity index (χ1v) is 8.87. The Kier molecular flexibility index (Phi) is 6.26. The molecule has 0 radical (unpaired) electrons. The summed E-state index contributed by atoms with van der Waals surface area (Å²) in [5.74, 6) is -0.257. The van der Waals surface area contributed by atoms with Gasteiger partial charge in [-0.15, -0.1) is 0 Å². The van der Waals surface area contributed by atoms with E-state index in [-0.39, 0.29) is 11.9 Å². The fraction of sp³-hybridized carbons (Fsp3) is 0.333. The highest BCUT2D eigenvalue weighted by Gasteiger charge is 2.25. The monoisotopic (exact) mass is 379 g/mol. The second kappa shape index (κ2) is 8.63. The molecule has 0 spiro atoms. The molecule has 0 aliphatic carbocycles. The molecule has 0 saturated carbocycles. The van der Waals surface area contributed by atoms with Crippen molar-refractivity contribution in [1.29, 1.82) is 0 Å². The fourth-order valence-corrected chi connectivity index (χ4v) is 3.30. The minimum absolute atomic E-state index is 0.0271. The van der Waals surface area contributed by atoms with Crippen LogP contribution < -0.4 is 5.32 Å². The molecule has 1 aromatic carbocycles. The van der Waals surface area contributed by atoms with Crippen LogP contribution in [0.15, 0.2) is 42.6 Å². The van der Waals surface area contributed by atoms with Crippen molar-refractivity contribution >= 4 is 29.1 Å². The topological polar surface area (TPSA) is 54.5 Å². The minimum atomic E-state index is -0.257. The summed E-state index contributed by atoms with van der Waals surface area (Å²) in [6.45, 7) is 3.36. The van der Waals surface area contributed by atoms with Crippen LogP contribution in [0, 0.1) is 0 Å². The second-order valence-corrected chi connectivity index (χ2v) is 6.60. The normalized spacial score (nSPS) is 16.4. The van der Waals surface area contributed by atoms with Gasteiger partial charge < -0.3 is 10.1 Å². The van der Waals surface area contributed by atoms with Crippen LogP contribution in [0.4, 0.5) is 0 Å². The van der Waals surface area contributed by atoms with E-state index in [0.29, 0.717) is 35.5 Å². The van der Waals surface area contributed by atoms with E-state index in [1.807, 2.05) is 24.3 Å². The van der Waals surface area contributed by atoms with Crippen LogP contribution in [0.3, 0.4) is 0 Å². The minimum Gasteiger partial charge on any atom is -0.379 e. The molecule has 1 aromatic heterocycles. The SMILES string of the molecule is O=C(NCC(c1ccccc1Cl)N1CCOCC1)c1cc(Cl)ccn1. The lowest BCUT2D eigenvalue weighted by atomic mass is 10.0. The number of nitrogens with zero attached hydrogens (tertiary/aromatic N) is 2. The molecular formula is C18H19Cl2N3O2. The Bertz CT molecular complexity index is 736. The van der Waals surface area contributed by atoms with E-state index in [4.69, 9.17) is 27.9 Å². The van der Waals surface area contributed by atoms with Gasteiger partial charge in [-0.3, -0.25) is 14.7 Å².